The number of aromatic amines is 1. The van der Waals surface area contributed by atoms with Crippen LogP contribution in [0.15, 0.2) is 98.9 Å². The third-order valence-corrected chi connectivity index (χ3v) is 10.5. The number of benzene rings is 4. The van der Waals surface area contributed by atoms with Gasteiger partial charge in [-0.15, -0.1) is 24.8 Å². The molecular weight excluding hydrogens is 757 g/mol. The summed E-state index contributed by atoms with van der Waals surface area (Å²) in [6.07, 6.45) is 5.03. The molecule has 12 nitrogen and oxygen atoms in total. The second-order valence-corrected chi connectivity index (χ2v) is 14.1. The number of phenolic OH excluding ortho intramolecular Hbond substituents is 1. The van der Waals surface area contributed by atoms with Crippen LogP contribution in [-0.2, 0) is 19.5 Å². The van der Waals surface area contributed by atoms with Crippen LogP contribution in [0.3, 0.4) is 0 Å². The molecule has 6 aromatic rings. The van der Waals surface area contributed by atoms with Gasteiger partial charge >= 0.3 is 11.8 Å². The summed E-state index contributed by atoms with van der Waals surface area (Å²) in [5.41, 5.74) is 13.0. The van der Waals surface area contributed by atoms with Crippen molar-refractivity contribution in [3.8, 4) is 16.9 Å². The molecule has 1 aliphatic rings. The summed E-state index contributed by atoms with van der Waals surface area (Å²) in [7, 11) is 0. The normalized spacial score (nSPS) is 13.6. The Hall–Kier alpha value is -5.27. The van der Waals surface area contributed by atoms with E-state index in [0.29, 0.717) is 59.4 Å². The maximum absolute atomic E-state index is 12.9. The van der Waals surface area contributed by atoms with Gasteiger partial charge in [0.15, 0.2) is 5.58 Å². The van der Waals surface area contributed by atoms with E-state index in [-0.39, 0.29) is 54.2 Å². The predicted octanol–water partition coefficient (Wildman–Crippen LogP) is 7.90. The summed E-state index contributed by atoms with van der Waals surface area (Å²) in [5.74, 6) is -0.504. The third kappa shape index (κ3) is 9.05. The number of unbranched alkanes of at least 4 members (excludes halogenated alkanes) is 1. The van der Waals surface area contributed by atoms with E-state index in [2.05, 4.69) is 10.3 Å². The van der Waals surface area contributed by atoms with E-state index in [0.717, 1.165) is 60.8 Å². The number of oxazole rings is 1. The van der Waals surface area contributed by atoms with Gasteiger partial charge in [0.25, 0.3) is 0 Å². The second-order valence-electron chi connectivity index (χ2n) is 14.1. The molecule has 296 valence electrons. The number of hydrogen-bond donors (Lipinski definition) is 6. The van der Waals surface area contributed by atoms with E-state index in [1.807, 2.05) is 60.7 Å². The first-order valence-corrected chi connectivity index (χ1v) is 18.5. The average molecular weight is 805 g/mol. The van der Waals surface area contributed by atoms with E-state index < -0.39 is 18.0 Å². The van der Waals surface area contributed by atoms with E-state index >= 15 is 0 Å². The minimum absolute atomic E-state index is 0. The molecule has 4 aromatic carbocycles. The molecule has 7 N–H and O–H groups in total. The van der Waals surface area contributed by atoms with Crippen molar-refractivity contribution in [3.63, 3.8) is 0 Å². The molecule has 1 atom stereocenters. The second kappa shape index (κ2) is 18.6. The molecule has 0 aliphatic heterocycles. The summed E-state index contributed by atoms with van der Waals surface area (Å²) in [6.45, 7) is 1.07. The van der Waals surface area contributed by atoms with Gasteiger partial charge in [-0.3, -0.25) is 14.3 Å². The van der Waals surface area contributed by atoms with Crippen molar-refractivity contribution >= 4 is 64.3 Å². The molecule has 1 saturated carbocycles. The number of nitrogens with two attached hydrogens (primary N) is 1. The van der Waals surface area contributed by atoms with Crippen molar-refractivity contribution < 1.29 is 24.5 Å². The number of nitrogens with zero attached hydrogens (tertiary/aromatic N) is 2. The van der Waals surface area contributed by atoms with Crippen LogP contribution in [0.2, 0.25) is 0 Å². The number of carbonyl (C=O) groups is 1. The predicted molar refractivity (Wildman–Crippen MR) is 224 cm³/mol. The molecule has 0 saturated heterocycles. The molecule has 2 heterocycles. The lowest BCUT2D eigenvalue weighted by Gasteiger charge is -2.34. The van der Waals surface area contributed by atoms with Gasteiger partial charge in [-0.1, -0.05) is 61.7 Å². The number of aryl methyl sites for hydroxylation is 2. The van der Waals surface area contributed by atoms with Crippen molar-refractivity contribution in [1.82, 2.24) is 14.9 Å². The van der Waals surface area contributed by atoms with Gasteiger partial charge < -0.3 is 35.8 Å². The SMILES string of the molecule is Cl.Cl.Nc1cc(N(C(=O)O)C2CCCCC2)c(-c2ccccc2)cc1CCCCn1c(=O)oc2cc(CNC[C@H](O)c3ccc(O)c4[nH]c(=O)ccc34)ccc21. The maximum Gasteiger partial charge on any atom is 0.419 e. The van der Waals surface area contributed by atoms with Crippen molar-refractivity contribution in [3.05, 3.63) is 123 Å². The number of aromatic nitrogens is 2. The number of amides is 1. The zero-order chi connectivity index (χ0) is 37.8. The molecule has 0 unspecified atom stereocenters. The van der Waals surface area contributed by atoms with Crippen LogP contribution in [0.4, 0.5) is 16.2 Å². The van der Waals surface area contributed by atoms with E-state index in [1.165, 1.54) is 17.0 Å². The number of nitrogen functional groups attached to an aromatic ring is 1. The summed E-state index contributed by atoms with van der Waals surface area (Å²) >= 11 is 0. The number of aliphatic hydroxyl groups is 1. The Morgan fingerprint density at radius 1 is 0.964 bits per heavy atom. The zero-order valence-electron chi connectivity index (χ0n) is 30.8. The third-order valence-electron chi connectivity index (χ3n) is 10.5. The number of fused-ring (bicyclic) bond motifs is 2. The molecular formula is C42H47Cl2N5O7. The Morgan fingerprint density at radius 2 is 1.73 bits per heavy atom. The number of hydrogen-bond acceptors (Lipinski definition) is 8. The molecule has 1 amide bonds. The highest BCUT2D eigenvalue weighted by molar-refractivity contribution is 5.95. The number of aliphatic hydroxyl groups excluding tert-OH is 1. The highest BCUT2D eigenvalue weighted by Gasteiger charge is 2.29. The fraction of sp³-hybridized carbons (Fsp3) is 0.310. The van der Waals surface area contributed by atoms with Crippen LogP contribution in [0.1, 0.15) is 67.7 Å². The highest BCUT2D eigenvalue weighted by atomic mass is 35.5. The molecule has 14 heteroatoms. The smallest absolute Gasteiger partial charge is 0.419 e. The Balaban J connectivity index is 0.00000300. The first-order valence-electron chi connectivity index (χ1n) is 18.5. The van der Waals surface area contributed by atoms with Gasteiger partial charge in [0, 0.05) is 48.4 Å². The number of pyridine rings is 1. The summed E-state index contributed by atoms with van der Waals surface area (Å²) in [6, 6.07) is 25.2. The van der Waals surface area contributed by atoms with E-state index in [4.69, 9.17) is 10.2 Å². The zero-order valence-corrected chi connectivity index (χ0v) is 32.4. The van der Waals surface area contributed by atoms with E-state index in [9.17, 15) is 29.7 Å². The quantitative estimate of drug-likeness (QED) is 0.0499. The largest absolute Gasteiger partial charge is 0.506 e. The number of rotatable bonds is 13. The van der Waals surface area contributed by atoms with Crippen LogP contribution in [-0.4, -0.2) is 43.6 Å². The van der Waals surface area contributed by atoms with Crippen molar-refractivity contribution in [2.75, 3.05) is 17.2 Å². The number of halogens is 2. The molecule has 0 radical (unpaired) electrons. The van der Waals surface area contributed by atoms with Gasteiger partial charge in [-0.2, -0.15) is 0 Å². The van der Waals surface area contributed by atoms with Crippen LogP contribution in [0.25, 0.3) is 33.1 Å². The number of aromatic hydroxyl groups is 1. The Labute approximate surface area is 335 Å². The molecule has 56 heavy (non-hydrogen) atoms. The molecule has 1 fully saturated rings. The number of phenols is 1. The maximum atomic E-state index is 12.9. The summed E-state index contributed by atoms with van der Waals surface area (Å²) < 4.78 is 7.25. The Kier molecular flexibility index (Phi) is 13.9. The van der Waals surface area contributed by atoms with Gasteiger partial charge in [-0.05, 0) is 90.8 Å². The lowest BCUT2D eigenvalue weighted by atomic mass is 9.91. The monoisotopic (exact) mass is 803 g/mol. The van der Waals surface area contributed by atoms with E-state index in [1.54, 1.807) is 16.7 Å². The highest BCUT2D eigenvalue weighted by Crippen LogP contribution is 2.39. The lowest BCUT2D eigenvalue weighted by Crippen LogP contribution is -2.41. The molecule has 0 spiro atoms. The fourth-order valence-corrected chi connectivity index (χ4v) is 7.74. The van der Waals surface area contributed by atoms with Gasteiger partial charge in [0.2, 0.25) is 5.56 Å². The van der Waals surface area contributed by atoms with Gasteiger partial charge in [0.05, 0.1) is 22.8 Å². The molecule has 2 aromatic heterocycles. The Morgan fingerprint density at radius 3 is 2.48 bits per heavy atom. The minimum atomic E-state index is -0.967. The van der Waals surface area contributed by atoms with Crippen LogP contribution >= 0.6 is 24.8 Å². The van der Waals surface area contributed by atoms with Crippen molar-refractivity contribution in [2.45, 2.75) is 76.6 Å². The number of nitrogens with one attached hydrogen (secondary N) is 2. The minimum Gasteiger partial charge on any atom is -0.506 e. The van der Waals surface area contributed by atoms with Crippen LogP contribution in [0.5, 0.6) is 5.75 Å². The lowest BCUT2D eigenvalue weighted by molar-refractivity contribution is 0.176. The first kappa shape index (κ1) is 41.9. The summed E-state index contributed by atoms with van der Waals surface area (Å²) in [4.78, 5) is 41.4. The molecule has 7 rings (SSSR count). The van der Waals surface area contributed by atoms with Crippen LogP contribution in [0, 0.1) is 0 Å². The van der Waals surface area contributed by atoms with Crippen LogP contribution < -0.4 is 27.3 Å². The molecule has 1 aliphatic carbocycles. The number of carboxylic acid groups (broad SMARTS) is 1. The standard InChI is InChI=1S/C42H45N5O7.2ClH/c43-33-23-35(47(41(51)52)29-12-5-2-6-13-29)32(27-9-3-1-4-10-27)22-28(33)11-7-8-20-46-34-17-14-26(21-38(34)54-42(46)53)24-44-25-37(49)30-15-18-36(48)40-31(30)16-19-39(50)45-40;;/h1,3-4,9-10,14-19,21-23,29,37,44,48-49H,2,5-8,11-13,20,24-25,43H2,(H,45,50)(H,51,52);2*1H/t37-;;/m0../s1. The first-order chi connectivity index (χ1) is 26.2. The number of H-pyrrole nitrogens is 1. The molecule has 0 bridgehead atoms. The van der Waals surface area contributed by atoms with Gasteiger partial charge in [0.1, 0.15) is 5.75 Å². The fourth-order valence-electron chi connectivity index (χ4n) is 7.74. The topological polar surface area (TPSA) is 187 Å². The summed E-state index contributed by atoms with van der Waals surface area (Å²) in [5, 5.41) is 35.2. The van der Waals surface area contributed by atoms with Crippen molar-refractivity contribution in [1.29, 1.82) is 0 Å². The Bertz CT molecular complexity index is 2410. The average Bonchev–Trinajstić information content (AvgIpc) is 3.48. The van der Waals surface area contributed by atoms with Crippen molar-refractivity contribution in [2.24, 2.45) is 0 Å². The number of anilines is 2. The van der Waals surface area contributed by atoms with Gasteiger partial charge in [-0.25, -0.2) is 9.59 Å².